The standard InChI is InChI=1S/C20H33N3O2S/c1-21-20(22-13-8-15-25-19-11-6-3-7-12-19)23-14-16-26(24)17-18-9-4-2-5-10-18/h2,4-5,9-10,19H,3,6-8,11-17H2,1H3,(H2,21,22,23). The summed E-state index contributed by atoms with van der Waals surface area (Å²) in [6.45, 7) is 2.28. The molecule has 1 saturated carbocycles. The summed E-state index contributed by atoms with van der Waals surface area (Å²) in [4.78, 5) is 4.21. The first-order chi connectivity index (χ1) is 12.8. The Kier molecular flexibility index (Phi) is 10.4. The van der Waals surface area contributed by atoms with Crippen molar-refractivity contribution in [3.63, 3.8) is 0 Å². The lowest BCUT2D eigenvalue weighted by Gasteiger charge is -2.22. The first-order valence-electron chi connectivity index (χ1n) is 9.73. The lowest BCUT2D eigenvalue weighted by Crippen LogP contribution is -2.39. The summed E-state index contributed by atoms with van der Waals surface area (Å²) in [5.74, 6) is 1.98. The van der Waals surface area contributed by atoms with Gasteiger partial charge in [-0.05, 0) is 24.8 Å². The second kappa shape index (κ2) is 12.9. The SMILES string of the molecule is CN=C(NCCCOC1CCCCC1)NCCS(=O)Cc1ccccc1. The third-order valence-electron chi connectivity index (χ3n) is 4.54. The van der Waals surface area contributed by atoms with Gasteiger partial charge in [0.25, 0.3) is 0 Å². The third kappa shape index (κ3) is 8.81. The fraction of sp³-hybridized carbons (Fsp3) is 0.650. The number of benzene rings is 1. The van der Waals surface area contributed by atoms with Gasteiger partial charge in [-0.2, -0.15) is 0 Å². The van der Waals surface area contributed by atoms with Gasteiger partial charge in [-0.25, -0.2) is 0 Å². The number of aliphatic imine (C=N–C) groups is 1. The number of rotatable bonds is 10. The average Bonchev–Trinajstić information content (AvgIpc) is 2.68. The van der Waals surface area contributed by atoms with Crippen LogP contribution in [-0.4, -0.2) is 48.8 Å². The summed E-state index contributed by atoms with van der Waals surface area (Å²) in [6.07, 6.45) is 7.86. The quantitative estimate of drug-likeness (QED) is 0.373. The van der Waals surface area contributed by atoms with Gasteiger partial charge in [0.05, 0.1) is 6.10 Å². The average molecular weight is 380 g/mol. The number of nitrogens with zero attached hydrogens (tertiary/aromatic N) is 1. The largest absolute Gasteiger partial charge is 0.378 e. The minimum Gasteiger partial charge on any atom is -0.378 e. The summed E-state index contributed by atoms with van der Waals surface area (Å²) in [6, 6.07) is 9.97. The zero-order valence-electron chi connectivity index (χ0n) is 15.9. The Bertz CT molecular complexity index is 545. The molecule has 6 heteroatoms. The van der Waals surface area contributed by atoms with Crippen LogP contribution in [0, 0.1) is 0 Å². The molecule has 2 N–H and O–H groups in total. The molecule has 0 aromatic heterocycles. The Labute approximate surface area is 160 Å². The highest BCUT2D eigenvalue weighted by molar-refractivity contribution is 7.84. The molecule has 0 spiro atoms. The van der Waals surface area contributed by atoms with Crippen LogP contribution in [0.25, 0.3) is 0 Å². The van der Waals surface area contributed by atoms with Crippen LogP contribution in [0.3, 0.4) is 0 Å². The first kappa shape index (κ1) is 20.9. The van der Waals surface area contributed by atoms with Crippen molar-refractivity contribution in [2.75, 3.05) is 32.5 Å². The Morgan fingerprint density at radius 3 is 2.62 bits per heavy atom. The molecule has 146 valence electrons. The van der Waals surface area contributed by atoms with Crippen LogP contribution >= 0.6 is 0 Å². The van der Waals surface area contributed by atoms with Crippen LogP contribution in [0.2, 0.25) is 0 Å². The Balaban J connectivity index is 1.51. The molecule has 1 fully saturated rings. The maximum atomic E-state index is 12.1. The highest BCUT2D eigenvalue weighted by Crippen LogP contribution is 2.20. The second-order valence-corrected chi connectivity index (χ2v) is 8.26. The predicted octanol–water partition coefficient (Wildman–Crippen LogP) is 2.84. The monoisotopic (exact) mass is 379 g/mol. The molecule has 0 bridgehead atoms. The lowest BCUT2D eigenvalue weighted by molar-refractivity contribution is 0.0277. The van der Waals surface area contributed by atoms with Crippen LogP contribution in [-0.2, 0) is 21.3 Å². The van der Waals surface area contributed by atoms with Crippen LogP contribution < -0.4 is 10.6 Å². The third-order valence-corrected chi connectivity index (χ3v) is 5.85. The first-order valence-corrected chi connectivity index (χ1v) is 11.2. The fourth-order valence-corrected chi connectivity index (χ4v) is 4.14. The molecular formula is C20H33N3O2S. The summed E-state index contributed by atoms with van der Waals surface area (Å²) in [5, 5.41) is 6.52. The summed E-state index contributed by atoms with van der Waals surface area (Å²) in [7, 11) is 0.892. The molecule has 5 nitrogen and oxygen atoms in total. The fourth-order valence-electron chi connectivity index (χ4n) is 3.10. The molecule has 1 atom stereocenters. The number of ether oxygens (including phenoxy) is 1. The van der Waals surface area contributed by atoms with E-state index in [-0.39, 0.29) is 0 Å². The molecule has 1 aromatic rings. The van der Waals surface area contributed by atoms with Gasteiger partial charge < -0.3 is 15.4 Å². The van der Waals surface area contributed by atoms with Crippen molar-refractivity contribution in [2.45, 2.75) is 50.4 Å². The Morgan fingerprint density at radius 1 is 1.15 bits per heavy atom. The van der Waals surface area contributed by atoms with E-state index in [1.54, 1.807) is 7.05 Å². The second-order valence-electron chi connectivity index (χ2n) is 6.68. The zero-order valence-corrected chi connectivity index (χ0v) is 16.7. The van der Waals surface area contributed by atoms with Gasteiger partial charge in [-0.3, -0.25) is 9.20 Å². The van der Waals surface area contributed by atoms with Gasteiger partial charge in [0.2, 0.25) is 0 Å². The van der Waals surface area contributed by atoms with Crippen molar-refractivity contribution in [1.82, 2.24) is 10.6 Å². The molecule has 1 aromatic carbocycles. The van der Waals surface area contributed by atoms with E-state index >= 15 is 0 Å². The molecular weight excluding hydrogens is 346 g/mol. The molecule has 1 aliphatic rings. The molecule has 26 heavy (non-hydrogen) atoms. The molecule has 0 saturated heterocycles. The van der Waals surface area contributed by atoms with Gasteiger partial charge in [0.1, 0.15) is 0 Å². The smallest absolute Gasteiger partial charge is 0.191 e. The van der Waals surface area contributed by atoms with Crippen LogP contribution in [0.5, 0.6) is 0 Å². The predicted molar refractivity (Wildman–Crippen MR) is 110 cm³/mol. The minimum absolute atomic E-state index is 0.473. The van der Waals surface area contributed by atoms with Crippen molar-refractivity contribution < 1.29 is 8.95 Å². The van der Waals surface area contributed by atoms with Crippen LogP contribution in [0.4, 0.5) is 0 Å². The number of guanidine groups is 1. The molecule has 0 heterocycles. The summed E-state index contributed by atoms with van der Waals surface area (Å²) in [5.41, 5.74) is 1.12. The maximum Gasteiger partial charge on any atom is 0.191 e. The van der Waals surface area contributed by atoms with E-state index in [9.17, 15) is 4.21 Å². The van der Waals surface area contributed by atoms with Crippen LogP contribution in [0.1, 0.15) is 44.1 Å². The zero-order chi connectivity index (χ0) is 18.5. The van der Waals surface area contributed by atoms with E-state index in [2.05, 4.69) is 15.6 Å². The van der Waals surface area contributed by atoms with Gasteiger partial charge in [-0.15, -0.1) is 0 Å². The Morgan fingerprint density at radius 2 is 1.88 bits per heavy atom. The normalized spacial score (nSPS) is 17.0. The van der Waals surface area contributed by atoms with Gasteiger partial charge in [-0.1, -0.05) is 49.6 Å². The van der Waals surface area contributed by atoms with Gasteiger partial charge >= 0.3 is 0 Å². The van der Waals surface area contributed by atoms with Crippen molar-refractivity contribution in [2.24, 2.45) is 4.99 Å². The number of nitrogens with one attached hydrogen (secondary N) is 2. The van der Waals surface area contributed by atoms with Gasteiger partial charge in [0.15, 0.2) is 5.96 Å². The van der Waals surface area contributed by atoms with Gasteiger partial charge in [0, 0.05) is 49.0 Å². The topological polar surface area (TPSA) is 62.7 Å². The summed E-state index contributed by atoms with van der Waals surface area (Å²) < 4.78 is 18.1. The van der Waals surface area contributed by atoms with Crippen LogP contribution in [0.15, 0.2) is 35.3 Å². The molecule has 1 unspecified atom stereocenters. The molecule has 0 amide bonds. The van der Waals surface area contributed by atoms with Crippen molar-refractivity contribution >= 4 is 16.8 Å². The minimum atomic E-state index is -0.866. The highest BCUT2D eigenvalue weighted by atomic mass is 32.2. The van der Waals surface area contributed by atoms with E-state index in [1.165, 1.54) is 32.1 Å². The number of hydrogen-bond acceptors (Lipinski definition) is 3. The van der Waals surface area contributed by atoms with Crippen molar-refractivity contribution in [3.8, 4) is 0 Å². The van der Waals surface area contributed by atoms with E-state index < -0.39 is 10.8 Å². The molecule has 0 radical (unpaired) electrons. The molecule has 0 aliphatic heterocycles. The Hall–Kier alpha value is -1.40. The van der Waals surface area contributed by atoms with Crippen molar-refractivity contribution in [1.29, 1.82) is 0 Å². The van der Waals surface area contributed by atoms with E-state index in [1.807, 2.05) is 30.3 Å². The summed E-state index contributed by atoms with van der Waals surface area (Å²) >= 11 is 0. The maximum absolute atomic E-state index is 12.1. The van der Waals surface area contributed by atoms with E-state index in [4.69, 9.17) is 4.74 Å². The number of hydrogen-bond donors (Lipinski definition) is 2. The van der Waals surface area contributed by atoms with E-state index in [0.717, 1.165) is 31.1 Å². The van der Waals surface area contributed by atoms with E-state index in [0.29, 0.717) is 24.2 Å². The highest BCUT2D eigenvalue weighted by Gasteiger charge is 2.13. The molecule has 2 rings (SSSR count). The lowest BCUT2D eigenvalue weighted by atomic mass is 9.98. The molecule has 1 aliphatic carbocycles. The van der Waals surface area contributed by atoms with Crippen molar-refractivity contribution in [3.05, 3.63) is 35.9 Å².